The molecule has 10 heteroatoms. The number of nitrogens with zero attached hydrogens (tertiary/aromatic N) is 2. The fourth-order valence-electron chi connectivity index (χ4n) is 2.58. The van der Waals surface area contributed by atoms with Gasteiger partial charge in [0.1, 0.15) is 28.9 Å². The minimum atomic E-state index is -1.30. The Bertz CT molecular complexity index is 787. The Kier molecular flexibility index (Phi) is 3.70. The van der Waals surface area contributed by atoms with Gasteiger partial charge in [-0.05, 0) is 0 Å². The van der Waals surface area contributed by atoms with Crippen LogP contribution in [0.5, 0.6) is 0 Å². The molecule has 0 saturated carbocycles. The smallest absolute Gasteiger partial charge is 0.260 e. The zero-order valence-corrected chi connectivity index (χ0v) is 12.0. The van der Waals surface area contributed by atoms with Crippen LogP contribution in [0, 0.1) is 0 Å². The second kappa shape index (κ2) is 5.41. The van der Waals surface area contributed by atoms with E-state index in [4.69, 9.17) is 27.8 Å². The largest absolute Gasteiger partial charge is 0.394 e. The maximum Gasteiger partial charge on any atom is 0.260 e. The highest BCUT2D eigenvalue weighted by Gasteiger charge is 2.44. The fraction of sp³-hybridized carbons (Fsp3) is 0.417. The van der Waals surface area contributed by atoms with E-state index in [1.54, 1.807) is 0 Å². The van der Waals surface area contributed by atoms with E-state index in [0.717, 1.165) is 0 Å². The van der Waals surface area contributed by atoms with Crippen LogP contribution in [0.1, 0.15) is 11.8 Å². The van der Waals surface area contributed by atoms with Crippen molar-refractivity contribution < 1.29 is 20.1 Å². The summed E-state index contributed by atoms with van der Waals surface area (Å²) in [7, 11) is 0. The molecular formula is C12H14N4O5S. The highest BCUT2D eigenvalue weighted by molar-refractivity contribution is 7.80. The van der Waals surface area contributed by atoms with Gasteiger partial charge in [0.25, 0.3) is 5.56 Å². The van der Waals surface area contributed by atoms with Crippen LogP contribution >= 0.6 is 12.2 Å². The van der Waals surface area contributed by atoms with Crippen LogP contribution in [0.4, 0.5) is 0 Å². The van der Waals surface area contributed by atoms with E-state index in [-0.39, 0.29) is 21.6 Å². The molecule has 22 heavy (non-hydrogen) atoms. The van der Waals surface area contributed by atoms with Crippen LogP contribution in [-0.2, 0) is 4.74 Å². The molecular weight excluding hydrogens is 312 g/mol. The number of hydrogen-bond acceptors (Lipinski definition) is 7. The molecule has 1 aliphatic rings. The van der Waals surface area contributed by atoms with Crippen LogP contribution in [0.25, 0.3) is 11.0 Å². The molecule has 3 rings (SSSR count). The van der Waals surface area contributed by atoms with Crippen LogP contribution in [-0.4, -0.2) is 59.8 Å². The second-order valence-electron chi connectivity index (χ2n) is 4.97. The van der Waals surface area contributed by atoms with E-state index in [1.165, 1.54) is 17.1 Å². The zero-order chi connectivity index (χ0) is 16.0. The first-order valence-electron chi connectivity index (χ1n) is 6.46. The molecule has 0 amide bonds. The summed E-state index contributed by atoms with van der Waals surface area (Å²) in [5.41, 5.74) is 5.69. The lowest BCUT2D eigenvalue weighted by molar-refractivity contribution is -0.0508. The number of nitrogens with two attached hydrogens (primary N) is 1. The monoisotopic (exact) mass is 326 g/mol. The summed E-state index contributed by atoms with van der Waals surface area (Å²) in [6, 6.07) is 0. The zero-order valence-electron chi connectivity index (χ0n) is 11.2. The van der Waals surface area contributed by atoms with Gasteiger partial charge in [-0.25, -0.2) is 4.98 Å². The van der Waals surface area contributed by atoms with Gasteiger partial charge in [-0.3, -0.25) is 4.79 Å². The number of ether oxygens (including phenoxy) is 1. The highest BCUT2D eigenvalue weighted by Crippen LogP contribution is 2.32. The number of hydrogen-bond donors (Lipinski definition) is 5. The summed E-state index contributed by atoms with van der Waals surface area (Å²) >= 11 is 4.93. The molecule has 3 heterocycles. The lowest BCUT2D eigenvalue weighted by Gasteiger charge is -2.17. The minimum absolute atomic E-state index is 0.00556. The fourth-order valence-corrected chi connectivity index (χ4v) is 2.74. The molecule has 6 N–H and O–H groups in total. The molecule has 0 aromatic carbocycles. The third-order valence-corrected chi connectivity index (χ3v) is 3.89. The van der Waals surface area contributed by atoms with E-state index in [0.29, 0.717) is 0 Å². The molecule has 118 valence electrons. The van der Waals surface area contributed by atoms with Crippen molar-refractivity contribution >= 4 is 28.2 Å². The maximum absolute atomic E-state index is 12.0. The summed E-state index contributed by atoms with van der Waals surface area (Å²) in [6.45, 7) is -0.454. The molecule has 0 bridgehead atoms. The highest BCUT2D eigenvalue weighted by atomic mass is 32.1. The molecule has 1 fully saturated rings. The number of nitrogens with one attached hydrogen (secondary N) is 1. The molecule has 0 aliphatic carbocycles. The van der Waals surface area contributed by atoms with E-state index in [9.17, 15) is 15.0 Å². The van der Waals surface area contributed by atoms with Crippen LogP contribution in [0.2, 0.25) is 0 Å². The Labute approximate surface area is 129 Å². The van der Waals surface area contributed by atoms with Crippen LogP contribution in [0.3, 0.4) is 0 Å². The average molecular weight is 326 g/mol. The summed E-state index contributed by atoms with van der Waals surface area (Å²) < 4.78 is 6.82. The van der Waals surface area contributed by atoms with Gasteiger partial charge in [-0.15, -0.1) is 0 Å². The van der Waals surface area contributed by atoms with Gasteiger partial charge in [0.2, 0.25) is 0 Å². The van der Waals surface area contributed by atoms with Crippen molar-refractivity contribution in [1.82, 2.24) is 14.5 Å². The number of rotatable bonds is 3. The Balaban J connectivity index is 2.18. The van der Waals surface area contributed by atoms with Gasteiger partial charge in [0, 0.05) is 11.8 Å². The first kappa shape index (κ1) is 15.1. The van der Waals surface area contributed by atoms with Gasteiger partial charge < -0.3 is 35.3 Å². The topological polar surface area (TPSA) is 147 Å². The van der Waals surface area contributed by atoms with Gasteiger partial charge in [0.15, 0.2) is 6.23 Å². The van der Waals surface area contributed by atoms with E-state index in [1.807, 2.05) is 0 Å². The standard InChI is InChI=1S/C12H14N4O5S/c13-9(22)4-1-16(10-6(4)11(20)15-3-14-10)12-8(19)7(18)5(2-17)21-12/h1,3,5,7-8,12,17-19H,2H2,(H2,13,22)(H,14,15,20)/t5-,7+,8-,12+/m0/s1. The summed E-state index contributed by atoms with van der Waals surface area (Å²) in [4.78, 5) is 18.5. The van der Waals surface area contributed by atoms with Gasteiger partial charge in [-0.2, -0.15) is 0 Å². The van der Waals surface area contributed by atoms with E-state index >= 15 is 0 Å². The number of fused-ring (bicyclic) bond motifs is 1. The number of aliphatic hydroxyl groups is 3. The van der Waals surface area contributed by atoms with Gasteiger partial charge in [-0.1, -0.05) is 12.2 Å². The summed E-state index contributed by atoms with van der Waals surface area (Å²) in [5, 5.41) is 29.3. The second-order valence-corrected chi connectivity index (χ2v) is 5.41. The predicted molar refractivity (Wildman–Crippen MR) is 79.3 cm³/mol. The number of thiocarbonyl (C=S) groups is 1. The number of aromatic amines is 1. The molecule has 9 nitrogen and oxygen atoms in total. The normalized spacial score (nSPS) is 28.3. The van der Waals surface area contributed by atoms with Crippen LogP contribution < -0.4 is 11.3 Å². The van der Waals surface area contributed by atoms with Crippen molar-refractivity contribution in [3.8, 4) is 0 Å². The molecule has 0 spiro atoms. The molecule has 2 aromatic heterocycles. The van der Waals surface area contributed by atoms with Gasteiger partial charge >= 0.3 is 0 Å². The molecule has 0 radical (unpaired) electrons. The first-order valence-corrected chi connectivity index (χ1v) is 6.87. The van der Waals surface area contributed by atoms with Crippen molar-refractivity contribution in [2.24, 2.45) is 5.73 Å². The van der Waals surface area contributed by atoms with Crippen molar-refractivity contribution in [1.29, 1.82) is 0 Å². The number of aliphatic hydroxyl groups excluding tert-OH is 3. The Morgan fingerprint density at radius 3 is 2.82 bits per heavy atom. The lowest BCUT2D eigenvalue weighted by Crippen LogP contribution is -2.33. The Morgan fingerprint density at radius 2 is 2.23 bits per heavy atom. The predicted octanol–water partition coefficient (Wildman–Crippen LogP) is -2.03. The van der Waals surface area contributed by atoms with E-state index in [2.05, 4.69) is 9.97 Å². The summed E-state index contributed by atoms with van der Waals surface area (Å²) in [5.74, 6) is 0. The summed E-state index contributed by atoms with van der Waals surface area (Å²) in [6.07, 6.45) is -1.88. The Hall–Kier alpha value is -1.85. The lowest BCUT2D eigenvalue weighted by atomic mass is 10.1. The molecule has 1 saturated heterocycles. The third-order valence-electron chi connectivity index (χ3n) is 3.67. The minimum Gasteiger partial charge on any atom is -0.394 e. The molecule has 2 aromatic rings. The van der Waals surface area contributed by atoms with Crippen LogP contribution in [0.15, 0.2) is 17.3 Å². The van der Waals surface area contributed by atoms with Crippen molar-refractivity contribution in [3.05, 3.63) is 28.4 Å². The average Bonchev–Trinajstić information content (AvgIpc) is 3.00. The first-order chi connectivity index (χ1) is 10.5. The molecule has 1 aliphatic heterocycles. The van der Waals surface area contributed by atoms with Crippen molar-refractivity contribution in [2.75, 3.05) is 6.61 Å². The Morgan fingerprint density at radius 1 is 1.50 bits per heavy atom. The molecule has 4 atom stereocenters. The number of H-pyrrole nitrogens is 1. The maximum atomic E-state index is 12.0. The SMILES string of the molecule is NC(=S)c1cn([C@@H]2O[C@@H](CO)[C@@H](O)[C@@H]2O)c2nc[nH]c(=O)c12. The third kappa shape index (κ3) is 2.12. The van der Waals surface area contributed by atoms with Crippen molar-refractivity contribution in [3.63, 3.8) is 0 Å². The quantitative estimate of drug-likeness (QED) is 0.406. The number of aromatic nitrogens is 3. The molecule has 0 unspecified atom stereocenters. The van der Waals surface area contributed by atoms with Gasteiger partial charge in [0.05, 0.1) is 18.3 Å². The van der Waals surface area contributed by atoms with Crippen molar-refractivity contribution in [2.45, 2.75) is 24.5 Å². The van der Waals surface area contributed by atoms with E-state index < -0.39 is 36.7 Å².